The number of carboxylic acids is 1. The van der Waals surface area contributed by atoms with E-state index in [0.29, 0.717) is 21.9 Å². The zero-order valence-electron chi connectivity index (χ0n) is 13.9. The third-order valence-electron chi connectivity index (χ3n) is 3.63. The van der Waals surface area contributed by atoms with E-state index in [9.17, 15) is 9.59 Å². The lowest BCUT2D eigenvalue weighted by Crippen LogP contribution is -2.04. The van der Waals surface area contributed by atoms with E-state index in [2.05, 4.69) is 10.1 Å². The topological polar surface area (TPSA) is 120 Å². The Morgan fingerprint density at radius 1 is 1.38 bits per heavy atom. The van der Waals surface area contributed by atoms with Gasteiger partial charge in [0.15, 0.2) is 5.17 Å². The number of carbonyl (C=O) groups is 2. The van der Waals surface area contributed by atoms with Gasteiger partial charge in [-0.05, 0) is 42.1 Å². The third kappa shape index (κ3) is 3.94. The minimum Gasteiger partial charge on any atom is -0.497 e. The molecular weight excluding hydrogens is 356 g/mol. The van der Waals surface area contributed by atoms with Crippen molar-refractivity contribution in [3.8, 4) is 17.0 Å². The van der Waals surface area contributed by atoms with E-state index >= 15 is 0 Å². The van der Waals surface area contributed by atoms with E-state index in [1.165, 1.54) is 0 Å². The van der Waals surface area contributed by atoms with Crippen LogP contribution >= 0.6 is 11.8 Å². The first kappa shape index (κ1) is 17.7. The van der Waals surface area contributed by atoms with E-state index in [1.54, 1.807) is 36.2 Å². The van der Waals surface area contributed by atoms with Crippen molar-refractivity contribution in [2.75, 3.05) is 7.11 Å². The fourth-order valence-electron chi connectivity index (χ4n) is 2.41. The molecule has 0 saturated heterocycles. The minimum absolute atomic E-state index is 0.0521. The number of rotatable bonds is 6. The number of carbonyl (C=O) groups excluding carboxylic acids is 1. The molecule has 3 N–H and O–H groups in total. The van der Waals surface area contributed by atoms with Gasteiger partial charge in [-0.2, -0.15) is 10.1 Å². The summed E-state index contributed by atoms with van der Waals surface area (Å²) in [5.74, 6) is -0.595. The maximum atomic E-state index is 11.9. The summed E-state index contributed by atoms with van der Waals surface area (Å²) in [5.41, 5.74) is 7.71. The van der Waals surface area contributed by atoms with Crippen molar-refractivity contribution >= 4 is 34.9 Å². The van der Waals surface area contributed by atoms with Crippen LogP contribution in [-0.4, -0.2) is 39.0 Å². The molecule has 8 nitrogen and oxygen atoms in total. The van der Waals surface area contributed by atoms with Gasteiger partial charge in [-0.1, -0.05) is 0 Å². The molecule has 2 heterocycles. The molecule has 1 aromatic carbocycles. The molecule has 1 aromatic heterocycles. The number of hydrogen-bond acceptors (Lipinski definition) is 6. The molecule has 9 heteroatoms. The molecule has 26 heavy (non-hydrogen) atoms. The highest BCUT2D eigenvalue weighted by Gasteiger charge is 2.21. The summed E-state index contributed by atoms with van der Waals surface area (Å²) in [6.45, 7) is 0.224. The number of hydrogen-bond donors (Lipinski definition) is 2. The third-order valence-corrected chi connectivity index (χ3v) is 4.44. The molecule has 0 fully saturated rings. The van der Waals surface area contributed by atoms with Crippen LogP contribution in [0.2, 0.25) is 0 Å². The fraction of sp³-hybridized carbons (Fsp3) is 0.176. The molecule has 0 saturated carbocycles. The minimum atomic E-state index is -0.908. The molecule has 1 aliphatic rings. The highest BCUT2D eigenvalue weighted by atomic mass is 32.2. The quantitative estimate of drug-likeness (QED) is 0.744. The number of nitrogens with two attached hydrogens (primary N) is 1. The SMILES string of the molecule is COc1ccc(-c2nn(CCC(=O)O)cc2C=C2SC(N)=NC2=O)cc1. The molecule has 0 aliphatic carbocycles. The van der Waals surface area contributed by atoms with Gasteiger partial charge in [0.2, 0.25) is 0 Å². The first-order valence-electron chi connectivity index (χ1n) is 7.68. The Labute approximate surface area is 153 Å². The Balaban J connectivity index is 1.98. The zero-order valence-corrected chi connectivity index (χ0v) is 14.7. The maximum absolute atomic E-state index is 11.9. The van der Waals surface area contributed by atoms with Gasteiger partial charge in [0, 0.05) is 17.3 Å². The van der Waals surface area contributed by atoms with Gasteiger partial charge in [-0.3, -0.25) is 14.3 Å². The van der Waals surface area contributed by atoms with Crippen molar-refractivity contribution in [2.24, 2.45) is 10.7 Å². The molecule has 1 amide bonds. The van der Waals surface area contributed by atoms with E-state index in [0.717, 1.165) is 17.3 Å². The average Bonchev–Trinajstić information content (AvgIpc) is 3.16. The average molecular weight is 372 g/mol. The molecule has 0 unspecified atom stereocenters. The molecule has 134 valence electrons. The highest BCUT2D eigenvalue weighted by Crippen LogP contribution is 2.31. The summed E-state index contributed by atoms with van der Waals surface area (Å²) in [4.78, 5) is 26.8. The summed E-state index contributed by atoms with van der Waals surface area (Å²) in [5, 5.41) is 13.5. The van der Waals surface area contributed by atoms with Crippen LogP contribution in [0.5, 0.6) is 5.75 Å². The summed E-state index contributed by atoms with van der Waals surface area (Å²) < 4.78 is 6.71. The van der Waals surface area contributed by atoms with Crippen molar-refractivity contribution in [3.63, 3.8) is 0 Å². The van der Waals surface area contributed by atoms with E-state index in [1.807, 2.05) is 12.1 Å². The van der Waals surface area contributed by atoms with Crippen molar-refractivity contribution in [2.45, 2.75) is 13.0 Å². The Bertz CT molecular complexity index is 915. The van der Waals surface area contributed by atoms with Crippen LogP contribution in [0.15, 0.2) is 40.4 Å². The maximum Gasteiger partial charge on any atom is 0.305 e. The second kappa shape index (κ2) is 7.44. The Hall–Kier alpha value is -3.07. The van der Waals surface area contributed by atoms with Gasteiger partial charge in [0.25, 0.3) is 5.91 Å². The van der Waals surface area contributed by atoms with Crippen molar-refractivity contribution in [1.29, 1.82) is 0 Å². The number of aryl methyl sites for hydroxylation is 1. The van der Waals surface area contributed by atoms with Crippen LogP contribution in [0.3, 0.4) is 0 Å². The van der Waals surface area contributed by atoms with Crippen LogP contribution in [0, 0.1) is 0 Å². The van der Waals surface area contributed by atoms with Gasteiger partial charge in [-0.25, -0.2) is 0 Å². The van der Waals surface area contributed by atoms with Gasteiger partial charge in [-0.15, -0.1) is 0 Å². The lowest BCUT2D eigenvalue weighted by atomic mass is 10.1. The number of aliphatic imine (C=N–C) groups is 1. The van der Waals surface area contributed by atoms with Crippen molar-refractivity contribution in [1.82, 2.24) is 9.78 Å². The predicted molar refractivity (Wildman–Crippen MR) is 98.7 cm³/mol. The van der Waals surface area contributed by atoms with Gasteiger partial charge < -0.3 is 15.6 Å². The number of nitrogens with zero attached hydrogens (tertiary/aromatic N) is 3. The van der Waals surface area contributed by atoms with E-state index < -0.39 is 11.9 Å². The Morgan fingerprint density at radius 2 is 2.12 bits per heavy atom. The summed E-state index contributed by atoms with van der Waals surface area (Å²) in [6, 6.07) is 7.30. The predicted octanol–water partition coefficient (Wildman–Crippen LogP) is 1.96. The summed E-state index contributed by atoms with van der Waals surface area (Å²) in [6.07, 6.45) is 3.32. The Kier molecular flexibility index (Phi) is 5.08. The number of carboxylic acid groups (broad SMARTS) is 1. The van der Waals surface area contributed by atoms with Crippen LogP contribution in [-0.2, 0) is 16.1 Å². The first-order valence-corrected chi connectivity index (χ1v) is 8.49. The van der Waals surface area contributed by atoms with E-state index in [-0.39, 0.29) is 18.1 Å². The zero-order chi connectivity index (χ0) is 18.7. The second-order valence-corrected chi connectivity index (χ2v) is 6.50. The molecular formula is C17H16N4O4S. The normalized spacial score (nSPS) is 15.3. The summed E-state index contributed by atoms with van der Waals surface area (Å²) in [7, 11) is 1.58. The number of aromatic nitrogens is 2. The number of benzene rings is 1. The number of amidine groups is 1. The lowest BCUT2D eigenvalue weighted by molar-refractivity contribution is -0.137. The Morgan fingerprint density at radius 3 is 2.69 bits per heavy atom. The molecule has 0 atom stereocenters. The van der Waals surface area contributed by atoms with Crippen LogP contribution in [0.4, 0.5) is 0 Å². The number of thioether (sulfide) groups is 1. The first-order chi connectivity index (χ1) is 12.5. The molecule has 0 spiro atoms. The molecule has 3 rings (SSSR count). The number of amides is 1. The number of methoxy groups -OCH3 is 1. The molecule has 0 bridgehead atoms. The monoisotopic (exact) mass is 372 g/mol. The van der Waals surface area contributed by atoms with Crippen molar-refractivity contribution < 1.29 is 19.4 Å². The largest absolute Gasteiger partial charge is 0.497 e. The summed E-state index contributed by atoms with van der Waals surface area (Å²) >= 11 is 1.09. The molecule has 1 aliphatic heterocycles. The molecule has 0 radical (unpaired) electrons. The second-order valence-electron chi connectivity index (χ2n) is 5.43. The van der Waals surface area contributed by atoms with E-state index in [4.69, 9.17) is 15.6 Å². The number of ether oxygens (including phenoxy) is 1. The van der Waals surface area contributed by atoms with Gasteiger partial charge in [0.1, 0.15) is 5.75 Å². The molecule has 2 aromatic rings. The van der Waals surface area contributed by atoms with Crippen LogP contribution in [0.25, 0.3) is 17.3 Å². The lowest BCUT2D eigenvalue weighted by Gasteiger charge is -2.02. The van der Waals surface area contributed by atoms with Crippen LogP contribution < -0.4 is 10.5 Å². The van der Waals surface area contributed by atoms with Crippen molar-refractivity contribution in [3.05, 3.63) is 40.9 Å². The highest BCUT2D eigenvalue weighted by molar-refractivity contribution is 8.18. The van der Waals surface area contributed by atoms with Crippen LogP contribution in [0.1, 0.15) is 12.0 Å². The standard InChI is InChI=1S/C17H16N4O4S/c1-25-12-4-2-10(3-5-12)15-11(8-13-16(24)19-17(18)26-13)9-21(20-15)7-6-14(22)23/h2-5,8-9H,6-7H2,1H3,(H,22,23)(H2,18,19,24). The fourth-order valence-corrected chi connectivity index (χ4v) is 3.08. The van der Waals surface area contributed by atoms with Gasteiger partial charge in [0.05, 0.1) is 30.7 Å². The van der Waals surface area contributed by atoms with Gasteiger partial charge >= 0.3 is 5.97 Å². The number of aliphatic carboxylic acids is 1. The smallest absolute Gasteiger partial charge is 0.305 e.